The molecule has 0 aliphatic heterocycles. The number of carboxylic acids is 1. The zero-order valence-electron chi connectivity index (χ0n) is 10.5. The molecule has 1 aromatic heterocycles. The first-order valence-electron chi connectivity index (χ1n) is 5.78. The molecule has 100 valence electrons. The molecule has 0 aliphatic rings. The summed E-state index contributed by atoms with van der Waals surface area (Å²) in [4.78, 5) is 15.2. The Labute approximate surface area is 110 Å². The Balaban J connectivity index is 2.05. The number of rotatable bonds is 5. The molecular formula is C12H15N5O2. The SMILES string of the molecule is Cn1cnc(CCNc2c(N)cccc2C(=O)O)n1. The number of nitrogens with two attached hydrogens (primary N) is 1. The molecule has 0 radical (unpaired) electrons. The first kappa shape index (κ1) is 12.9. The van der Waals surface area contributed by atoms with Crippen LogP contribution in [0.15, 0.2) is 24.5 Å². The van der Waals surface area contributed by atoms with Gasteiger partial charge in [-0.3, -0.25) is 4.68 Å². The van der Waals surface area contributed by atoms with Crippen molar-refractivity contribution in [2.45, 2.75) is 6.42 Å². The van der Waals surface area contributed by atoms with Gasteiger partial charge < -0.3 is 16.2 Å². The van der Waals surface area contributed by atoms with Gasteiger partial charge in [-0.25, -0.2) is 9.78 Å². The van der Waals surface area contributed by atoms with Gasteiger partial charge in [-0.1, -0.05) is 6.07 Å². The molecule has 0 saturated carbocycles. The zero-order valence-corrected chi connectivity index (χ0v) is 10.5. The van der Waals surface area contributed by atoms with E-state index in [0.717, 1.165) is 0 Å². The van der Waals surface area contributed by atoms with Crippen LogP contribution >= 0.6 is 0 Å². The van der Waals surface area contributed by atoms with Gasteiger partial charge in [0, 0.05) is 20.0 Å². The summed E-state index contributed by atoms with van der Waals surface area (Å²) < 4.78 is 1.62. The lowest BCUT2D eigenvalue weighted by atomic mass is 10.1. The van der Waals surface area contributed by atoms with Crippen LogP contribution in [0.4, 0.5) is 11.4 Å². The van der Waals surface area contributed by atoms with Crippen molar-refractivity contribution in [1.82, 2.24) is 14.8 Å². The molecule has 1 heterocycles. The monoisotopic (exact) mass is 261 g/mol. The fourth-order valence-corrected chi connectivity index (χ4v) is 1.74. The smallest absolute Gasteiger partial charge is 0.337 e. The maximum absolute atomic E-state index is 11.1. The highest BCUT2D eigenvalue weighted by atomic mass is 16.4. The van der Waals surface area contributed by atoms with E-state index in [9.17, 15) is 4.79 Å². The Bertz CT molecular complexity index is 594. The van der Waals surface area contributed by atoms with Crippen LogP contribution in [0, 0.1) is 0 Å². The van der Waals surface area contributed by atoms with Crippen molar-refractivity contribution in [3.05, 3.63) is 35.9 Å². The van der Waals surface area contributed by atoms with Gasteiger partial charge >= 0.3 is 5.97 Å². The lowest BCUT2D eigenvalue weighted by molar-refractivity contribution is 0.0698. The van der Waals surface area contributed by atoms with Crippen molar-refractivity contribution in [2.75, 3.05) is 17.6 Å². The zero-order chi connectivity index (χ0) is 13.8. The molecule has 2 aromatic rings. The van der Waals surface area contributed by atoms with Crippen molar-refractivity contribution in [2.24, 2.45) is 7.05 Å². The van der Waals surface area contributed by atoms with E-state index in [1.807, 2.05) is 0 Å². The lowest BCUT2D eigenvalue weighted by Gasteiger charge is -2.11. The molecule has 0 fully saturated rings. The van der Waals surface area contributed by atoms with Crippen LogP contribution in [0.2, 0.25) is 0 Å². The third kappa shape index (κ3) is 3.01. The van der Waals surface area contributed by atoms with Crippen molar-refractivity contribution in [3.63, 3.8) is 0 Å². The van der Waals surface area contributed by atoms with Gasteiger partial charge in [0.2, 0.25) is 0 Å². The van der Waals surface area contributed by atoms with Gasteiger partial charge in [0.25, 0.3) is 0 Å². The maximum atomic E-state index is 11.1. The first-order chi connectivity index (χ1) is 9.08. The molecule has 2 rings (SSSR count). The molecule has 0 aliphatic carbocycles. The number of nitrogen functional groups attached to an aromatic ring is 1. The van der Waals surface area contributed by atoms with Gasteiger partial charge in [-0.15, -0.1) is 0 Å². The second-order valence-electron chi connectivity index (χ2n) is 4.09. The fraction of sp³-hybridized carbons (Fsp3) is 0.250. The molecule has 0 atom stereocenters. The van der Waals surface area contributed by atoms with Gasteiger partial charge in [0.1, 0.15) is 6.33 Å². The molecule has 7 heteroatoms. The molecule has 7 nitrogen and oxygen atoms in total. The highest BCUT2D eigenvalue weighted by Gasteiger charge is 2.12. The van der Waals surface area contributed by atoms with Gasteiger partial charge in [0.15, 0.2) is 5.82 Å². The van der Waals surface area contributed by atoms with E-state index >= 15 is 0 Å². The predicted molar refractivity (Wildman–Crippen MR) is 71.0 cm³/mol. The van der Waals surface area contributed by atoms with Crippen molar-refractivity contribution in [1.29, 1.82) is 0 Å². The first-order valence-corrected chi connectivity index (χ1v) is 5.78. The minimum atomic E-state index is -1.01. The number of aromatic nitrogens is 3. The number of aromatic carboxylic acids is 1. The quantitative estimate of drug-likeness (QED) is 0.686. The largest absolute Gasteiger partial charge is 0.478 e. The normalized spacial score (nSPS) is 10.4. The molecular weight excluding hydrogens is 246 g/mol. The molecule has 0 unspecified atom stereocenters. The number of nitrogens with zero attached hydrogens (tertiary/aromatic N) is 3. The molecule has 0 bridgehead atoms. The number of hydrogen-bond acceptors (Lipinski definition) is 5. The second kappa shape index (κ2) is 5.38. The van der Waals surface area contributed by atoms with Crippen molar-refractivity contribution in [3.8, 4) is 0 Å². The molecule has 19 heavy (non-hydrogen) atoms. The Morgan fingerprint density at radius 1 is 1.53 bits per heavy atom. The van der Waals surface area contributed by atoms with Crippen LogP contribution in [0.25, 0.3) is 0 Å². The summed E-state index contributed by atoms with van der Waals surface area (Å²) in [5, 5.41) is 16.3. The standard InChI is InChI=1S/C12H15N5O2/c1-17-7-15-10(16-17)5-6-14-11-8(12(18)19)3-2-4-9(11)13/h2-4,7,14H,5-6,13H2,1H3,(H,18,19). The highest BCUT2D eigenvalue weighted by molar-refractivity contribution is 5.97. The minimum absolute atomic E-state index is 0.161. The summed E-state index contributed by atoms with van der Waals surface area (Å²) in [6.45, 7) is 0.512. The van der Waals surface area contributed by atoms with Crippen LogP contribution < -0.4 is 11.1 Å². The van der Waals surface area contributed by atoms with E-state index in [4.69, 9.17) is 10.8 Å². The molecule has 0 amide bonds. The summed E-state index contributed by atoms with van der Waals surface area (Å²) in [6, 6.07) is 4.79. The highest BCUT2D eigenvalue weighted by Crippen LogP contribution is 2.23. The average molecular weight is 261 g/mol. The van der Waals surface area contributed by atoms with Gasteiger partial charge in [0.05, 0.1) is 16.9 Å². The Kier molecular flexibility index (Phi) is 3.65. The third-order valence-electron chi connectivity index (χ3n) is 2.62. The topological polar surface area (TPSA) is 106 Å². The Hall–Kier alpha value is -2.57. The van der Waals surface area contributed by atoms with E-state index < -0.39 is 5.97 Å². The lowest BCUT2D eigenvalue weighted by Crippen LogP contribution is -2.12. The number of carbonyl (C=O) groups is 1. The van der Waals surface area contributed by atoms with Crippen LogP contribution in [0.5, 0.6) is 0 Å². The number of benzene rings is 1. The third-order valence-corrected chi connectivity index (χ3v) is 2.62. The van der Waals surface area contributed by atoms with Crippen LogP contribution in [-0.4, -0.2) is 32.4 Å². The number of hydrogen-bond donors (Lipinski definition) is 3. The number of para-hydroxylation sites is 1. The summed E-state index contributed by atoms with van der Waals surface area (Å²) >= 11 is 0. The van der Waals surface area contributed by atoms with Crippen molar-refractivity contribution >= 4 is 17.3 Å². The van der Waals surface area contributed by atoms with E-state index in [-0.39, 0.29) is 5.56 Å². The number of anilines is 2. The molecule has 1 aromatic carbocycles. The van der Waals surface area contributed by atoms with Gasteiger partial charge in [-0.05, 0) is 12.1 Å². The van der Waals surface area contributed by atoms with Crippen LogP contribution in [-0.2, 0) is 13.5 Å². The number of nitrogens with one attached hydrogen (secondary N) is 1. The van der Waals surface area contributed by atoms with E-state index in [1.54, 1.807) is 30.2 Å². The number of aryl methyl sites for hydroxylation is 1. The summed E-state index contributed by atoms with van der Waals surface area (Å²) in [5.74, 6) is -0.313. The summed E-state index contributed by atoms with van der Waals surface area (Å²) in [7, 11) is 1.79. The number of carboxylic acid groups (broad SMARTS) is 1. The van der Waals surface area contributed by atoms with Crippen LogP contribution in [0.1, 0.15) is 16.2 Å². The fourth-order valence-electron chi connectivity index (χ4n) is 1.74. The molecule has 0 spiro atoms. The van der Waals surface area contributed by atoms with Crippen molar-refractivity contribution < 1.29 is 9.90 Å². The second-order valence-corrected chi connectivity index (χ2v) is 4.09. The molecule has 0 saturated heterocycles. The van der Waals surface area contributed by atoms with E-state index in [2.05, 4.69) is 15.4 Å². The maximum Gasteiger partial charge on any atom is 0.337 e. The van der Waals surface area contributed by atoms with Gasteiger partial charge in [-0.2, -0.15) is 5.10 Å². The average Bonchev–Trinajstić information content (AvgIpc) is 2.77. The summed E-state index contributed by atoms with van der Waals surface area (Å²) in [5.41, 5.74) is 6.79. The van der Waals surface area contributed by atoms with E-state index in [0.29, 0.717) is 30.2 Å². The Morgan fingerprint density at radius 3 is 2.95 bits per heavy atom. The van der Waals surface area contributed by atoms with E-state index in [1.165, 1.54) is 6.07 Å². The summed E-state index contributed by atoms with van der Waals surface area (Å²) in [6.07, 6.45) is 2.21. The molecule has 4 N–H and O–H groups in total. The predicted octanol–water partition coefficient (Wildman–Crippen LogP) is 0.750. The van der Waals surface area contributed by atoms with Crippen LogP contribution in [0.3, 0.4) is 0 Å². The minimum Gasteiger partial charge on any atom is -0.478 e. The Morgan fingerprint density at radius 2 is 2.32 bits per heavy atom.